The molecule has 3 rings (SSSR count). The van der Waals surface area contributed by atoms with E-state index in [9.17, 15) is 4.79 Å². The molecule has 0 unspecified atom stereocenters. The summed E-state index contributed by atoms with van der Waals surface area (Å²) in [5, 5.41) is 0. The highest BCUT2D eigenvalue weighted by atomic mass is 16.3. The van der Waals surface area contributed by atoms with E-state index in [2.05, 4.69) is 4.98 Å². The van der Waals surface area contributed by atoms with Crippen LogP contribution in [0.1, 0.15) is 18.7 Å². The summed E-state index contributed by atoms with van der Waals surface area (Å²) in [7, 11) is 1.74. The second kappa shape index (κ2) is 3.55. The zero-order valence-corrected chi connectivity index (χ0v) is 10.4. The maximum absolute atomic E-state index is 12.1. The third kappa shape index (κ3) is 1.67. The van der Waals surface area contributed by atoms with E-state index in [0.717, 1.165) is 29.6 Å². The second-order valence-corrected chi connectivity index (χ2v) is 4.91. The van der Waals surface area contributed by atoms with Gasteiger partial charge < -0.3 is 15.1 Å². The molecule has 5 nitrogen and oxygen atoms in total. The molecule has 5 heteroatoms. The summed E-state index contributed by atoms with van der Waals surface area (Å²) in [6.45, 7) is 1.80. The predicted octanol–water partition coefficient (Wildman–Crippen LogP) is 1.59. The lowest BCUT2D eigenvalue weighted by atomic mass is 10.2. The molecule has 1 aromatic carbocycles. The van der Waals surface area contributed by atoms with Crippen molar-refractivity contribution in [2.24, 2.45) is 5.73 Å². The van der Waals surface area contributed by atoms with Gasteiger partial charge in [0.25, 0.3) is 0 Å². The number of carbonyl (C=O) groups is 1. The molecule has 2 aromatic rings. The highest BCUT2D eigenvalue weighted by molar-refractivity contribution is 6.02. The van der Waals surface area contributed by atoms with Crippen LogP contribution in [0.3, 0.4) is 0 Å². The summed E-state index contributed by atoms with van der Waals surface area (Å²) < 4.78 is 5.40. The molecule has 0 radical (unpaired) electrons. The molecule has 0 atom stereocenters. The Morgan fingerprint density at radius 1 is 1.50 bits per heavy atom. The molecular formula is C13H15N3O2. The third-order valence-electron chi connectivity index (χ3n) is 3.38. The second-order valence-electron chi connectivity index (χ2n) is 4.91. The Balaban J connectivity index is 1.95. The first kappa shape index (κ1) is 11.2. The Bertz CT molecular complexity index is 628. The molecule has 0 aliphatic heterocycles. The fourth-order valence-electron chi connectivity index (χ4n) is 2.04. The summed E-state index contributed by atoms with van der Waals surface area (Å²) >= 11 is 0. The molecule has 2 N–H and O–H groups in total. The van der Waals surface area contributed by atoms with Gasteiger partial charge in [0.1, 0.15) is 5.52 Å². The van der Waals surface area contributed by atoms with Gasteiger partial charge >= 0.3 is 0 Å². The molecule has 18 heavy (non-hydrogen) atoms. The number of nitrogens with zero attached hydrogens (tertiary/aromatic N) is 2. The summed E-state index contributed by atoms with van der Waals surface area (Å²) in [5.41, 5.74) is 7.54. The molecule has 1 aliphatic rings. The average Bonchev–Trinajstić information content (AvgIpc) is 2.98. The minimum Gasteiger partial charge on any atom is -0.441 e. The number of aromatic nitrogens is 1. The first-order valence-electron chi connectivity index (χ1n) is 5.94. The van der Waals surface area contributed by atoms with Crippen molar-refractivity contribution < 1.29 is 9.21 Å². The lowest BCUT2D eigenvalue weighted by molar-refractivity contribution is -0.120. The number of nitrogens with two attached hydrogens (primary N) is 1. The Morgan fingerprint density at radius 2 is 2.22 bits per heavy atom. The lowest BCUT2D eigenvalue weighted by Crippen LogP contribution is -2.43. The number of amides is 1. The van der Waals surface area contributed by atoms with Gasteiger partial charge in [-0.3, -0.25) is 4.79 Å². The lowest BCUT2D eigenvalue weighted by Gasteiger charge is -2.20. The number of hydrogen-bond acceptors (Lipinski definition) is 4. The number of carbonyl (C=O) groups excluding carboxylic acids is 1. The van der Waals surface area contributed by atoms with Crippen LogP contribution in [0.2, 0.25) is 0 Å². The van der Waals surface area contributed by atoms with Crippen LogP contribution in [-0.2, 0) is 4.79 Å². The van der Waals surface area contributed by atoms with Crippen LogP contribution in [0.5, 0.6) is 0 Å². The molecule has 0 saturated heterocycles. The highest BCUT2D eigenvalue weighted by Gasteiger charge is 2.47. The molecule has 1 fully saturated rings. The first-order chi connectivity index (χ1) is 8.49. The van der Waals surface area contributed by atoms with E-state index in [1.807, 2.05) is 18.2 Å². The monoisotopic (exact) mass is 245 g/mol. The average molecular weight is 245 g/mol. The molecule has 94 valence electrons. The van der Waals surface area contributed by atoms with Crippen molar-refractivity contribution in [1.29, 1.82) is 0 Å². The first-order valence-corrected chi connectivity index (χ1v) is 5.94. The maximum atomic E-state index is 12.1. The zero-order valence-electron chi connectivity index (χ0n) is 10.4. The molecule has 1 heterocycles. The van der Waals surface area contributed by atoms with Crippen molar-refractivity contribution >= 4 is 22.7 Å². The van der Waals surface area contributed by atoms with Gasteiger partial charge in [-0.25, -0.2) is 4.98 Å². The van der Waals surface area contributed by atoms with E-state index in [1.165, 1.54) is 0 Å². The smallest absolute Gasteiger partial charge is 0.246 e. The largest absolute Gasteiger partial charge is 0.441 e. The van der Waals surface area contributed by atoms with E-state index >= 15 is 0 Å². The van der Waals surface area contributed by atoms with Gasteiger partial charge in [0.2, 0.25) is 5.91 Å². The molecule has 1 aliphatic carbocycles. The van der Waals surface area contributed by atoms with Crippen molar-refractivity contribution in [2.75, 3.05) is 11.9 Å². The van der Waals surface area contributed by atoms with Gasteiger partial charge in [0.15, 0.2) is 11.5 Å². The fraction of sp³-hybridized carbons (Fsp3) is 0.385. The van der Waals surface area contributed by atoms with Gasteiger partial charge in [-0.05, 0) is 31.0 Å². The summed E-state index contributed by atoms with van der Waals surface area (Å²) in [6, 6.07) is 5.51. The van der Waals surface area contributed by atoms with Gasteiger partial charge in [-0.1, -0.05) is 0 Å². The molecule has 0 spiro atoms. The van der Waals surface area contributed by atoms with Crippen LogP contribution < -0.4 is 10.6 Å². The summed E-state index contributed by atoms with van der Waals surface area (Å²) in [6.07, 6.45) is 1.53. The van der Waals surface area contributed by atoms with Crippen LogP contribution >= 0.6 is 0 Å². The number of oxazole rings is 1. The minimum absolute atomic E-state index is 0.0398. The molecule has 0 bridgehead atoms. The number of anilines is 1. The molecule has 1 saturated carbocycles. The van der Waals surface area contributed by atoms with Crippen LogP contribution in [0, 0.1) is 6.92 Å². The van der Waals surface area contributed by atoms with Crippen molar-refractivity contribution in [3.05, 3.63) is 24.1 Å². The Labute approximate surface area is 105 Å². The van der Waals surface area contributed by atoms with Crippen LogP contribution in [0.4, 0.5) is 5.69 Å². The highest BCUT2D eigenvalue weighted by Crippen LogP contribution is 2.35. The van der Waals surface area contributed by atoms with Gasteiger partial charge in [-0.15, -0.1) is 0 Å². The number of aryl methyl sites for hydroxylation is 1. The number of likely N-dealkylation sites (N-methyl/N-ethyl adjacent to an activating group) is 1. The van der Waals surface area contributed by atoms with E-state index in [0.29, 0.717) is 5.89 Å². The van der Waals surface area contributed by atoms with Crippen LogP contribution in [0.25, 0.3) is 11.1 Å². The predicted molar refractivity (Wildman–Crippen MR) is 68.3 cm³/mol. The van der Waals surface area contributed by atoms with E-state index in [-0.39, 0.29) is 5.91 Å². The van der Waals surface area contributed by atoms with Crippen molar-refractivity contribution in [1.82, 2.24) is 4.98 Å². The summed E-state index contributed by atoms with van der Waals surface area (Å²) in [5.74, 6) is 0.579. The van der Waals surface area contributed by atoms with Crippen molar-refractivity contribution in [3.63, 3.8) is 0 Å². The van der Waals surface area contributed by atoms with Crippen LogP contribution in [0.15, 0.2) is 22.6 Å². The van der Waals surface area contributed by atoms with E-state index in [1.54, 1.807) is 18.9 Å². The Hall–Kier alpha value is -1.88. The standard InChI is InChI=1S/C13H15N3O2/c1-8-15-10-7-9(3-4-11(10)18-8)16(2)12(17)13(14)5-6-13/h3-4,7H,5-6,14H2,1-2H3. The number of rotatable bonds is 2. The molecular weight excluding hydrogens is 230 g/mol. The maximum Gasteiger partial charge on any atom is 0.246 e. The SMILES string of the molecule is Cc1nc2cc(N(C)C(=O)C3(N)CC3)ccc2o1. The Kier molecular flexibility index (Phi) is 2.22. The van der Waals surface area contributed by atoms with Crippen molar-refractivity contribution in [2.45, 2.75) is 25.3 Å². The van der Waals surface area contributed by atoms with E-state index in [4.69, 9.17) is 10.2 Å². The number of fused-ring (bicyclic) bond motifs is 1. The summed E-state index contributed by atoms with van der Waals surface area (Å²) in [4.78, 5) is 18.0. The minimum atomic E-state index is -0.649. The Morgan fingerprint density at radius 3 is 2.89 bits per heavy atom. The van der Waals surface area contributed by atoms with Gasteiger partial charge in [0.05, 0.1) is 5.54 Å². The fourth-order valence-corrected chi connectivity index (χ4v) is 2.04. The molecule has 1 amide bonds. The normalized spacial score (nSPS) is 16.8. The zero-order chi connectivity index (χ0) is 12.9. The third-order valence-corrected chi connectivity index (χ3v) is 3.38. The van der Waals surface area contributed by atoms with Crippen molar-refractivity contribution in [3.8, 4) is 0 Å². The van der Waals surface area contributed by atoms with Crippen LogP contribution in [-0.4, -0.2) is 23.5 Å². The topological polar surface area (TPSA) is 72.4 Å². The number of benzene rings is 1. The van der Waals surface area contributed by atoms with Gasteiger partial charge in [0, 0.05) is 19.7 Å². The van der Waals surface area contributed by atoms with E-state index < -0.39 is 5.54 Å². The quantitative estimate of drug-likeness (QED) is 0.872. The number of hydrogen-bond donors (Lipinski definition) is 1. The van der Waals surface area contributed by atoms with Gasteiger partial charge in [-0.2, -0.15) is 0 Å². The molecule has 1 aromatic heterocycles.